The van der Waals surface area contributed by atoms with Crippen LogP contribution < -0.4 is 11.1 Å². The smallest absolute Gasteiger partial charge is 0.287 e. The van der Waals surface area contributed by atoms with Gasteiger partial charge in [-0.15, -0.1) is 0 Å². The van der Waals surface area contributed by atoms with E-state index in [0.717, 1.165) is 11.1 Å². The maximum absolute atomic E-state index is 12.1. The van der Waals surface area contributed by atoms with Gasteiger partial charge in [0.05, 0.1) is 24.1 Å². The zero-order chi connectivity index (χ0) is 14.8. The Morgan fingerprint density at radius 1 is 1.29 bits per heavy atom. The summed E-state index contributed by atoms with van der Waals surface area (Å²) in [6.45, 7) is 2.15. The molecule has 0 atom stereocenters. The molecule has 6 nitrogen and oxygen atoms in total. The van der Waals surface area contributed by atoms with Crippen LogP contribution in [0.2, 0.25) is 0 Å². The van der Waals surface area contributed by atoms with Crippen LogP contribution in [0.5, 0.6) is 0 Å². The fourth-order valence-electron chi connectivity index (χ4n) is 1.94. The molecule has 3 rings (SSSR count). The summed E-state index contributed by atoms with van der Waals surface area (Å²) >= 11 is 0. The number of carbonyl (C=O) groups excluding carboxylic acids is 1. The molecule has 0 fully saturated rings. The summed E-state index contributed by atoms with van der Waals surface area (Å²) in [5.74, 6) is -0.0529. The third-order valence-corrected chi connectivity index (χ3v) is 3.03. The van der Waals surface area contributed by atoms with Crippen LogP contribution in [0.15, 0.2) is 41.1 Å². The molecule has 0 aliphatic rings. The number of hydrogen-bond acceptors (Lipinski definition) is 5. The van der Waals surface area contributed by atoms with Gasteiger partial charge in [-0.2, -0.15) is 0 Å². The molecule has 6 heteroatoms. The number of fused-ring (bicyclic) bond motifs is 1. The molecule has 1 amide bonds. The van der Waals surface area contributed by atoms with Crippen molar-refractivity contribution in [1.29, 1.82) is 0 Å². The van der Waals surface area contributed by atoms with Gasteiger partial charge >= 0.3 is 0 Å². The molecule has 106 valence electrons. The lowest BCUT2D eigenvalue weighted by atomic mass is 10.2. The zero-order valence-electron chi connectivity index (χ0n) is 11.5. The monoisotopic (exact) mass is 282 g/mol. The van der Waals surface area contributed by atoms with Crippen LogP contribution in [-0.4, -0.2) is 15.9 Å². The average molecular weight is 282 g/mol. The molecule has 2 aromatic heterocycles. The van der Waals surface area contributed by atoms with E-state index in [1.165, 1.54) is 0 Å². The largest absolute Gasteiger partial charge is 0.451 e. The van der Waals surface area contributed by atoms with Crippen molar-refractivity contribution in [1.82, 2.24) is 15.3 Å². The lowest BCUT2D eigenvalue weighted by Crippen LogP contribution is -2.22. The maximum Gasteiger partial charge on any atom is 0.287 e. The number of aryl methyl sites for hydroxylation is 1. The lowest BCUT2D eigenvalue weighted by Gasteiger charge is -2.02. The van der Waals surface area contributed by atoms with Gasteiger partial charge in [-0.05, 0) is 31.2 Å². The zero-order valence-corrected chi connectivity index (χ0v) is 11.5. The van der Waals surface area contributed by atoms with Crippen molar-refractivity contribution in [2.45, 2.75) is 13.5 Å². The van der Waals surface area contributed by atoms with Crippen LogP contribution >= 0.6 is 0 Å². The standard InChI is InChI=1S/C15H14N4O2/c1-9-6-18-12(7-17-9)8-19-15(20)14-5-10-4-11(16)2-3-13(10)21-14/h2-7H,8,16H2,1H3,(H,19,20). The first-order chi connectivity index (χ1) is 10.1. The fourth-order valence-corrected chi connectivity index (χ4v) is 1.94. The van der Waals surface area contributed by atoms with Gasteiger partial charge in [-0.1, -0.05) is 0 Å². The Hall–Kier alpha value is -2.89. The van der Waals surface area contributed by atoms with Crippen molar-refractivity contribution >= 4 is 22.6 Å². The quantitative estimate of drug-likeness (QED) is 0.717. The van der Waals surface area contributed by atoms with E-state index in [9.17, 15) is 4.79 Å². The van der Waals surface area contributed by atoms with Crippen LogP contribution in [0, 0.1) is 6.92 Å². The van der Waals surface area contributed by atoms with Crippen LogP contribution in [-0.2, 0) is 6.54 Å². The van der Waals surface area contributed by atoms with Gasteiger partial charge < -0.3 is 15.5 Å². The normalized spacial score (nSPS) is 10.7. The van der Waals surface area contributed by atoms with Crippen molar-refractivity contribution in [2.75, 3.05) is 5.73 Å². The van der Waals surface area contributed by atoms with E-state index in [1.807, 2.05) is 6.92 Å². The number of nitrogens with two attached hydrogens (primary N) is 1. The second-order valence-corrected chi connectivity index (χ2v) is 4.74. The minimum atomic E-state index is -0.299. The molecule has 0 aliphatic heterocycles. The number of anilines is 1. The summed E-state index contributed by atoms with van der Waals surface area (Å²) in [7, 11) is 0. The Labute approximate surface area is 121 Å². The van der Waals surface area contributed by atoms with E-state index in [1.54, 1.807) is 36.7 Å². The van der Waals surface area contributed by atoms with E-state index in [2.05, 4.69) is 15.3 Å². The van der Waals surface area contributed by atoms with Gasteiger partial charge in [0, 0.05) is 17.3 Å². The number of rotatable bonds is 3. The number of amides is 1. The first-order valence-electron chi connectivity index (χ1n) is 6.46. The molecule has 0 saturated carbocycles. The summed E-state index contributed by atoms with van der Waals surface area (Å²) in [6.07, 6.45) is 3.29. The Morgan fingerprint density at radius 2 is 2.14 bits per heavy atom. The number of aromatic nitrogens is 2. The highest BCUT2D eigenvalue weighted by atomic mass is 16.3. The molecule has 0 saturated heterocycles. The van der Waals surface area contributed by atoms with Crippen LogP contribution in [0.4, 0.5) is 5.69 Å². The minimum absolute atomic E-state index is 0.246. The number of nitrogens with one attached hydrogen (secondary N) is 1. The van der Waals surface area contributed by atoms with Gasteiger partial charge in [-0.3, -0.25) is 14.8 Å². The number of hydrogen-bond donors (Lipinski definition) is 2. The van der Waals surface area contributed by atoms with E-state index < -0.39 is 0 Å². The highest BCUT2D eigenvalue weighted by molar-refractivity contribution is 5.96. The second kappa shape index (κ2) is 5.24. The first kappa shape index (κ1) is 13.1. The summed E-state index contributed by atoms with van der Waals surface area (Å²) in [4.78, 5) is 20.4. The molecular formula is C15H14N4O2. The summed E-state index contributed by atoms with van der Waals surface area (Å²) in [5.41, 5.74) is 8.48. The van der Waals surface area contributed by atoms with Crippen LogP contribution in [0.25, 0.3) is 11.0 Å². The van der Waals surface area contributed by atoms with Crippen LogP contribution in [0.1, 0.15) is 21.9 Å². The molecule has 0 bridgehead atoms. The molecule has 0 unspecified atom stereocenters. The third kappa shape index (κ3) is 2.84. The summed E-state index contributed by atoms with van der Waals surface area (Å²) in [6, 6.07) is 6.91. The lowest BCUT2D eigenvalue weighted by molar-refractivity contribution is 0.0925. The molecular weight excluding hydrogens is 268 g/mol. The molecule has 0 spiro atoms. The van der Waals surface area contributed by atoms with Gasteiger partial charge in [0.1, 0.15) is 5.58 Å². The predicted octanol–water partition coefficient (Wildman–Crippen LogP) is 2.04. The van der Waals surface area contributed by atoms with Gasteiger partial charge in [0.25, 0.3) is 5.91 Å². The SMILES string of the molecule is Cc1cnc(CNC(=O)c2cc3cc(N)ccc3o2)cn1. The van der Waals surface area contributed by atoms with Gasteiger partial charge in [-0.25, -0.2) is 0 Å². The molecule has 2 heterocycles. The number of nitrogen functional groups attached to an aromatic ring is 1. The van der Waals surface area contributed by atoms with E-state index >= 15 is 0 Å². The molecule has 3 N–H and O–H groups in total. The summed E-state index contributed by atoms with van der Waals surface area (Å²) in [5, 5.41) is 3.55. The number of furan rings is 1. The molecule has 3 aromatic rings. The van der Waals surface area contributed by atoms with Crippen molar-refractivity contribution in [3.63, 3.8) is 0 Å². The predicted molar refractivity (Wildman–Crippen MR) is 78.6 cm³/mol. The Bertz CT molecular complexity index is 793. The number of benzene rings is 1. The molecule has 0 radical (unpaired) electrons. The average Bonchev–Trinajstić information content (AvgIpc) is 2.89. The fraction of sp³-hybridized carbons (Fsp3) is 0.133. The molecule has 0 aliphatic carbocycles. The minimum Gasteiger partial charge on any atom is -0.451 e. The van der Waals surface area contributed by atoms with Gasteiger partial charge in [0.2, 0.25) is 0 Å². The van der Waals surface area contributed by atoms with E-state index in [4.69, 9.17) is 10.2 Å². The number of nitrogens with zero attached hydrogens (tertiary/aromatic N) is 2. The number of carbonyl (C=O) groups is 1. The van der Waals surface area contributed by atoms with E-state index in [0.29, 0.717) is 23.5 Å². The summed E-state index contributed by atoms with van der Waals surface area (Å²) < 4.78 is 5.49. The van der Waals surface area contributed by atoms with Crippen LogP contribution in [0.3, 0.4) is 0 Å². The highest BCUT2D eigenvalue weighted by Gasteiger charge is 2.12. The molecule has 1 aromatic carbocycles. The van der Waals surface area contributed by atoms with Crippen molar-refractivity contribution < 1.29 is 9.21 Å². The van der Waals surface area contributed by atoms with Gasteiger partial charge in [0.15, 0.2) is 5.76 Å². The van der Waals surface area contributed by atoms with Crippen molar-refractivity contribution in [3.8, 4) is 0 Å². The highest BCUT2D eigenvalue weighted by Crippen LogP contribution is 2.21. The maximum atomic E-state index is 12.1. The van der Waals surface area contributed by atoms with Crippen molar-refractivity contribution in [3.05, 3.63) is 53.8 Å². The topological polar surface area (TPSA) is 94.0 Å². The van der Waals surface area contributed by atoms with Crippen molar-refractivity contribution in [2.24, 2.45) is 0 Å². The Morgan fingerprint density at radius 3 is 2.90 bits per heavy atom. The Kier molecular flexibility index (Phi) is 3.27. The van der Waals surface area contributed by atoms with E-state index in [-0.39, 0.29) is 11.7 Å². The second-order valence-electron chi connectivity index (χ2n) is 4.74. The Balaban J connectivity index is 1.73. The third-order valence-electron chi connectivity index (χ3n) is 3.03. The first-order valence-corrected chi connectivity index (χ1v) is 6.46. The molecule has 21 heavy (non-hydrogen) atoms.